The van der Waals surface area contributed by atoms with E-state index in [0.29, 0.717) is 6.61 Å². The second-order valence-corrected chi connectivity index (χ2v) is 7.55. The zero-order valence-corrected chi connectivity index (χ0v) is 17.2. The first-order valence-electron chi connectivity index (χ1n) is 9.57. The van der Waals surface area contributed by atoms with Crippen molar-refractivity contribution in [2.24, 2.45) is 0 Å². The number of hydrogen-bond donors (Lipinski definition) is 1. The van der Waals surface area contributed by atoms with Crippen molar-refractivity contribution < 1.29 is 19.4 Å². The second-order valence-electron chi connectivity index (χ2n) is 6.57. The third kappa shape index (κ3) is 6.10. The van der Waals surface area contributed by atoms with Gasteiger partial charge in [0, 0.05) is 24.8 Å². The highest BCUT2D eigenvalue weighted by Crippen LogP contribution is 2.31. The van der Waals surface area contributed by atoms with E-state index in [1.807, 2.05) is 24.3 Å². The van der Waals surface area contributed by atoms with Crippen LogP contribution in [0, 0.1) is 0 Å². The van der Waals surface area contributed by atoms with Gasteiger partial charge in [-0.2, -0.15) is 0 Å². The largest absolute Gasteiger partial charge is 0.494 e. The molecule has 0 bridgehead atoms. The van der Waals surface area contributed by atoms with Crippen LogP contribution >= 0.6 is 11.3 Å². The number of nitrogens with zero attached hydrogens (tertiary/aromatic N) is 2. The van der Waals surface area contributed by atoms with Gasteiger partial charge < -0.3 is 14.6 Å². The van der Waals surface area contributed by atoms with Gasteiger partial charge in [0.1, 0.15) is 15.8 Å². The number of hydrogen-bond acceptors (Lipinski definition) is 6. The number of unbranched alkanes of at least 4 members (excludes halogenated alkanes) is 3. The number of carboxylic acids is 1. The zero-order chi connectivity index (χ0) is 20.5. The number of benzene rings is 2. The van der Waals surface area contributed by atoms with Gasteiger partial charge in [0.05, 0.1) is 12.2 Å². The quantitative estimate of drug-likeness (QED) is 0.438. The molecule has 1 N–H and O–H groups in total. The summed E-state index contributed by atoms with van der Waals surface area (Å²) in [6.07, 6.45) is 4.43. The maximum absolute atomic E-state index is 11.0. The minimum Gasteiger partial charge on any atom is -0.494 e. The number of aromatic nitrogens is 2. The molecule has 0 aliphatic carbocycles. The van der Waals surface area contributed by atoms with E-state index in [1.54, 1.807) is 31.4 Å². The predicted molar refractivity (Wildman–Crippen MR) is 114 cm³/mol. The van der Waals surface area contributed by atoms with Crippen molar-refractivity contribution in [1.29, 1.82) is 0 Å². The van der Waals surface area contributed by atoms with Crippen molar-refractivity contribution in [2.75, 3.05) is 20.3 Å². The minimum atomic E-state index is -0.942. The highest BCUT2D eigenvalue weighted by molar-refractivity contribution is 7.17. The van der Waals surface area contributed by atoms with E-state index >= 15 is 0 Å². The molecule has 0 saturated carbocycles. The van der Waals surface area contributed by atoms with Crippen molar-refractivity contribution in [1.82, 2.24) is 10.2 Å². The van der Waals surface area contributed by atoms with E-state index in [4.69, 9.17) is 14.6 Å². The highest BCUT2D eigenvalue weighted by Gasteiger charge is 2.10. The van der Waals surface area contributed by atoms with Gasteiger partial charge in [0.15, 0.2) is 0 Å². The molecule has 7 heteroatoms. The summed E-state index contributed by atoms with van der Waals surface area (Å²) in [5.74, 6) is -0.0949. The zero-order valence-electron chi connectivity index (χ0n) is 16.3. The van der Waals surface area contributed by atoms with Crippen LogP contribution in [0.5, 0.6) is 5.75 Å². The lowest BCUT2D eigenvalue weighted by atomic mass is 10.1. The monoisotopic (exact) mass is 412 g/mol. The summed E-state index contributed by atoms with van der Waals surface area (Å²) in [5, 5.41) is 19.1. The van der Waals surface area contributed by atoms with E-state index in [9.17, 15) is 4.79 Å². The molecule has 6 nitrogen and oxygen atoms in total. The van der Waals surface area contributed by atoms with Crippen LogP contribution in [0.2, 0.25) is 0 Å². The fraction of sp³-hybridized carbons (Fsp3) is 0.318. The fourth-order valence-corrected chi connectivity index (χ4v) is 3.65. The van der Waals surface area contributed by atoms with E-state index < -0.39 is 5.97 Å². The molecule has 0 amide bonds. The molecule has 0 unspecified atom stereocenters. The van der Waals surface area contributed by atoms with Crippen LogP contribution in [-0.2, 0) is 4.74 Å². The molecule has 3 rings (SSSR count). The lowest BCUT2D eigenvalue weighted by Crippen LogP contribution is -1.97. The second kappa shape index (κ2) is 10.7. The molecule has 1 heterocycles. The molecule has 152 valence electrons. The summed E-state index contributed by atoms with van der Waals surface area (Å²) in [7, 11) is 1.73. The lowest BCUT2D eigenvalue weighted by molar-refractivity contribution is 0.0697. The molecule has 0 spiro atoms. The smallest absolute Gasteiger partial charge is 0.335 e. The predicted octanol–water partition coefficient (Wildman–Crippen LogP) is 5.16. The molecule has 0 fully saturated rings. The van der Waals surface area contributed by atoms with E-state index in [1.165, 1.54) is 11.3 Å². The van der Waals surface area contributed by atoms with Gasteiger partial charge >= 0.3 is 5.97 Å². The first kappa shape index (κ1) is 21.0. The Bertz CT molecular complexity index is 907. The van der Waals surface area contributed by atoms with E-state index in [2.05, 4.69) is 10.2 Å². The molecule has 0 atom stereocenters. The molecule has 0 aliphatic rings. The number of carboxylic acid groups (broad SMARTS) is 1. The summed E-state index contributed by atoms with van der Waals surface area (Å²) < 4.78 is 10.8. The van der Waals surface area contributed by atoms with Gasteiger partial charge in [0.25, 0.3) is 0 Å². The topological polar surface area (TPSA) is 81.5 Å². The Balaban J connectivity index is 1.53. The van der Waals surface area contributed by atoms with E-state index in [0.717, 1.165) is 59.2 Å². The van der Waals surface area contributed by atoms with Crippen LogP contribution < -0.4 is 4.74 Å². The van der Waals surface area contributed by atoms with Crippen molar-refractivity contribution in [2.45, 2.75) is 25.7 Å². The average Bonchev–Trinajstić information content (AvgIpc) is 3.24. The Morgan fingerprint density at radius 2 is 1.41 bits per heavy atom. The van der Waals surface area contributed by atoms with Crippen LogP contribution in [0.15, 0.2) is 48.5 Å². The van der Waals surface area contributed by atoms with Gasteiger partial charge in [0.2, 0.25) is 0 Å². The van der Waals surface area contributed by atoms with Crippen LogP contribution in [0.4, 0.5) is 0 Å². The van der Waals surface area contributed by atoms with E-state index in [-0.39, 0.29) is 5.56 Å². The molecular formula is C22H24N2O4S. The molecule has 2 aromatic carbocycles. The van der Waals surface area contributed by atoms with Crippen LogP contribution in [-0.4, -0.2) is 41.6 Å². The third-order valence-corrected chi connectivity index (χ3v) is 5.44. The Morgan fingerprint density at radius 1 is 0.862 bits per heavy atom. The highest BCUT2D eigenvalue weighted by atomic mass is 32.1. The summed E-state index contributed by atoms with van der Waals surface area (Å²) in [6, 6.07) is 14.5. The average molecular weight is 413 g/mol. The first-order chi connectivity index (χ1) is 14.2. The molecule has 0 radical (unpaired) electrons. The van der Waals surface area contributed by atoms with Gasteiger partial charge in [-0.25, -0.2) is 4.79 Å². The number of carbonyl (C=O) groups is 1. The molecule has 29 heavy (non-hydrogen) atoms. The van der Waals surface area contributed by atoms with Crippen LogP contribution in [0.1, 0.15) is 36.0 Å². The summed E-state index contributed by atoms with van der Waals surface area (Å²) in [4.78, 5) is 11.0. The fourth-order valence-electron chi connectivity index (χ4n) is 2.80. The number of methoxy groups -OCH3 is 1. The summed E-state index contributed by atoms with van der Waals surface area (Å²) in [6.45, 7) is 1.53. The summed E-state index contributed by atoms with van der Waals surface area (Å²) >= 11 is 1.47. The molecule has 0 aliphatic heterocycles. The Labute approximate surface area is 174 Å². The van der Waals surface area contributed by atoms with Crippen molar-refractivity contribution in [3.8, 4) is 26.9 Å². The van der Waals surface area contributed by atoms with Crippen LogP contribution in [0.3, 0.4) is 0 Å². The number of rotatable bonds is 11. The molecule has 1 aromatic heterocycles. The Morgan fingerprint density at radius 3 is 1.97 bits per heavy atom. The lowest BCUT2D eigenvalue weighted by Gasteiger charge is -2.06. The van der Waals surface area contributed by atoms with Gasteiger partial charge in [-0.05, 0) is 55.7 Å². The van der Waals surface area contributed by atoms with Gasteiger partial charge in [-0.1, -0.05) is 29.9 Å². The molecule has 0 saturated heterocycles. The summed E-state index contributed by atoms with van der Waals surface area (Å²) in [5.41, 5.74) is 2.08. The third-order valence-electron chi connectivity index (χ3n) is 4.42. The first-order valence-corrected chi connectivity index (χ1v) is 10.4. The molecular weight excluding hydrogens is 388 g/mol. The maximum Gasteiger partial charge on any atom is 0.335 e. The SMILES string of the molecule is COCCCCCCOc1ccc(-c2nnc(-c3ccc(C(=O)O)cc3)s2)cc1. The van der Waals surface area contributed by atoms with Gasteiger partial charge in [-0.3, -0.25) is 0 Å². The maximum atomic E-state index is 11.0. The van der Waals surface area contributed by atoms with Crippen molar-refractivity contribution >= 4 is 17.3 Å². The van der Waals surface area contributed by atoms with Gasteiger partial charge in [-0.15, -0.1) is 10.2 Å². The molecule has 3 aromatic rings. The standard InChI is InChI=1S/C22H24N2O4S/c1-27-14-4-2-3-5-15-28-19-12-10-17(11-13-19)21-24-23-20(29-21)16-6-8-18(9-7-16)22(25)26/h6-13H,2-5,14-15H2,1H3,(H,25,26). The number of ether oxygens (including phenoxy) is 2. The number of aromatic carboxylic acids is 1. The Kier molecular flexibility index (Phi) is 7.72. The van der Waals surface area contributed by atoms with Crippen LogP contribution in [0.25, 0.3) is 21.1 Å². The normalized spacial score (nSPS) is 10.8. The van der Waals surface area contributed by atoms with Crippen molar-refractivity contribution in [3.63, 3.8) is 0 Å². The van der Waals surface area contributed by atoms with Crippen molar-refractivity contribution in [3.05, 3.63) is 54.1 Å². The Hall–Kier alpha value is -2.77. The minimum absolute atomic E-state index is 0.254.